The highest BCUT2D eigenvalue weighted by Crippen LogP contribution is 2.55. The van der Waals surface area contributed by atoms with Gasteiger partial charge in [0.15, 0.2) is 0 Å². The van der Waals surface area contributed by atoms with Crippen molar-refractivity contribution in [2.24, 2.45) is 39.3 Å². The lowest BCUT2D eigenvalue weighted by molar-refractivity contribution is -0.144. The molecule has 3 aromatic rings. The van der Waals surface area contributed by atoms with Crippen LogP contribution in [0.25, 0.3) is 16.8 Å². The van der Waals surface area contributed by atoms with Crippen LogP contribution < -0.4 is 5.32 Å². The van der Waals surface area contributed by atoms with Gasteiger partial charge in [-0.15, -0.1) is 6.42 Å². The van der Waals surface area contributed by atoms with Crippen LogP contribution in [0.5, 0.6) is 0 Å². The lowest BCUT2D eigenvalue weighted by atomic mass is 9.50. The number of ketones is 1. The minimum Gasteiger partial charge on any atom is -0.371 e. The van der Waals surface area contributed by atoms with E-state index in [4.69, 9.17) is 6.42 Å². The van der Waals surface area contributed by atoms with Crippen molar-refractivity contribution >= 4 is 28.4 Å². The van der Waals surface area contributed by atoms with E-state index in [0.717, 1.165) is 52.3 Å². The number of rotatable bonds is 6. The fourth-order valence-electron chi connectivity index (χ4n) is 6.75. The first-order valence-electron chi connectivity index (χ1n) is 14.1. The normalized spacial score (nSPS) is 24.4. The van der Waals surface area contributed by atoms with E-state index in [0.29, 0.717) is 35.5 Å². The molecule has 202 valence electrons. The van der Waals surface area contributed by atoms with Gasteiger partial charge in [-0.2, -0.15) is 20.6 Å². The van der Waals surface area contributed by atoms with Gasteiger partial charge in [-0.3, -0.25) is 4.79 Å². The van der Waals surface area contributed by atoms with Crippen LogP contribution in [0.2, 0.25) is 0 Å². The van der Waals surface area contributed by atoms with Crippen LogP contribution >= 0.6 is 0 Å². The van der Waals surface area contributed by atoms with Crippen molar-refractivity contribution in [3.63, 3.8) is 0 Å². The smallest absolute Gasteiger partial charge is 0.141 e. The lowest BCUT2D eigenvalue weighted by Gasteiger charge is -2.53. The molecule has 7 heteroatoms. The average Bonchev–Trinajstić information content (AvgIpc) is 3.60. The topological polar surface area (TPSA) is 94.9 Å². The summed E-state index contributed by atoms with van der Waals surface area (Å²) in [7, 11) is 0. The van der Waals surface area contributed by atoms with Crippen LogP contribution in [0, 0.1) is 52.8 Å². The maximum Gasteiger partial charge on any atom is 0.141 e. The number of terminal acetylenes is 1. The molecule has 0 amide bonds. The van der Waals surface area contributed by atoms with Crippen molar-refractivity contribution in [2.75, 3.05) is 5.32 Å². The van der Waals surface area contributed by atoms with Crippen LogP contribution in [0.15, 0.2) is 52.8 Å². The molecule has 3 fully saturated rings. The predicted octanol–water partition coefficient (Wildman–Crippen LogP) is 6.13. The third-order valence-electron chi connectivity index (χ3n) is 8.83. The van der Waals surface area contributed by atoms with E-state index in [1.54, 1.807) is 6.20 Å². The van der Waals surface area contributed by atoms with Crippen molar-refractivity contribution in [3.8, 4) is 29.7 Å². The van der Waals surface area contributed by atoms with Crippen molar-refractivity contribution in [1.82, 2.24) is 9.61 Å². The fraction of sp³-hybridized carbons (Fsp3) is 0.424. The highest BCUT2D eigenvalue weighted by molar-refractivity contribution is 6.18. The number of anilines is 1. The van der Waals surface area contributed by atoms with E-state index < -0.39 is 0 Å². The molecule has 2 aromatic heterocycles. The molecule has 1 N–H and O–H groups in total. The Morgan fingerprint density at radius 2 is 1.90 bits per heavy atom. The molecule has 0 radical (unpaired) electrons. The Morgan fingerprint density at radius 3 is 2.60 bits per heavy atom. The van der Waals surface area contributed by atoms with E-state index in [1.165, 1.54) is 6.42 Å². The molecule has 4 aliphatic rings. The third-order valence-corrected chi connectivity index (χ3v) is 8.83. The van der Waals surface area contributed by atoms with Crippen molar-refractivity contribution in [1.29, 1.82) is 5.26 Å². The van der Waals surface area contributed by atoms with Crippen molar-refractivity contribution in [3.05, 3.63) is 53.7 Å². The molecule has 1 aliphatic heterocycles. The Labute approximate surface area is 235 Å². The van der Waals surface area contributed by atoms with Crippen LogP contribution in [0.4, 0.5) is 5.69 Å². The summed E-state index contributed by atoms with van der Waals surface area (Å²) in [6.07, 6.45) is 11.3. The predicted molar refractivity (Wildman–Crippen MR) is 158 cm³/mol. The second-order valence-electron chi connectivity index (χ2n) is 12.6. The number of aromatic nitrogens is 2. The van der Waals surface area contributed by atoms with E-state index in [2.05, 4.69) is 50.8 Å². The first kappa shape index (κ1) is 26.0. The number of benzene rings is 1. The standard InChI is InChI=1S/C33H34N6O/c1-6-19(2)36-28-15-21(30-10-8-25-11-20(17-34)18-35-39(25)30)7-9-26(28)29-16-27(37-38-29)22-12-23-14-24(13-22)31(23)32(40)33(3,4)5/h1,7-11,15,18-19,22-24,31,36H,12-14,16H2,2-5H3/t19-,22?,23?,24?,31?/m0/s1. The summed E-state index contributed by atoms with van der Waals surface area (Å²) in [4.78, 5) is 13.0. The number of fused-ring (bicyclic) bond motifs is 3. The Balaban J connectivity index is 1.22. The van der Waals surface area contributed by atoms with Gasteiger partial charge >= 0.3 is 0 Å². The third kappa shape index (κ3) is 4.50. The van der Waals surface area contributed by atoms with Gasteiger partial charge in [0.05, 0.1) is 34.7 Å². The second kappa shape index (κ2) is 9.75. The first-order valence-corrected chi connectivity index (χ1v) is 14.1. The van der Waals surface area contributed by atoms with Crippen LogP contribution in [0.3, 0.4) is 0 Å². The van der Waals surface area contributed by atoms with Crippen molar-refractivity contribution < 1.29 is 4.79 Å². The Hall–Kier alpha value is -4.23. The SMILES string of the molecule is C#C[C@H](C)Nc1cc(-c2ccc3cc(C#N)cnn23)ccc1C1=NN=C(C2CC3CC(C2)C3C(=O)C(C)(C)C)C1. The average molecular weight is 531 g/mol. The zero-order valence-electron chi connectivity index (χ0n) is 23.5. The van der Waals surface area contributed by atoms with Crippen LogP contribution in [-0.4, -0.2) is 32.9 Å². The molecule has 2 unspecified atom stereocenters. The largest absolute Gasteiger partial charge is 0.371 e. The first-order chi connectivity index (χ1) is 19.2. The molecular weight excluding hydrogens is 496 g/mol. The van der Waals surface area contributed by atoms with Gasteiger partial charge in [-0.25, -0.2) is 4.52 Å². The molecule has 3 aliphatic carbocycles. The van der Waals surface area contributed by atoms with Gasteiger partial charge in [0.25, 0.3) is 0 Å². The summed E-state index contributed by atoms with van der Waals surface area (Å²) in [5.74, 6) is 4.76. The number of carbonyl (C=O) groups is 1. The number of nitriles is 1. The summed E-state index contributed by atoms with van der Waals surface area (Å²) in [6.45, 7) is 8.08. The number of carbonyl (C=O) groups excluding carboxylic acids is 1. The Kier molecular flexibility index (Phi) is 6.34. The minimum absolute atomic E-state index is 0.167. The van der Waals surface area contributed by atoms with Gasteiger partial charge in [-0.05, 0) is 62.3 Å². The van der Waals surface area contributed by atoms with E-state index in [1.807, 2.05) is 50.4 Å². The maximum atomic E-state index is 13.0. The summed E-state index contributed by atoms with van der Waals surface area (Å²) >= 11 is 0. The molecule has 3 heterocycles. The van der Waals surface area contributed by atoms with Crippen LogP contribution in [0.1, 0.15) is 64.5 Å². The van der Waals surface area contributed by atoms with Crippen LogP contribution in [-0.2, 0) is 4.79 Å². The number of hydrogen-bond donors (Lipinski definition) is 1. The molecule has 40 heavy (non-hydrogen) atoms. The van der Waals surface area contributed by atoms with Gasteiger partial charge in [0.2, 0.25) is 0 Å². The molecule has 7 rings (SSSR count). The zero-order valence-corrected chi connectivity index (χ0v) is 23.5. The zero-order chi connectivity index (χ0) is 28.2. The monoisotopic (exact) mass is 530 g/mol. The molecule has 3 atom stereocenters. The van der Waals surface area contributed by atoms with Gasteiger partial charge < -0.3 is 5.32 Å². The van der Waals surface area contributed by atoms with Gasteiger partial charge in [0, 0.05) is 46.2 Å². The number of Topliss-reactive ketones (excluding diaryl/α,β-unsaturated/α-hetero) is 1. The van der Waals surface area contributed by atoms with E-state index >= 15 is 0 Å². The molecule has 7 nitrogen and oxygen atoms in total. The van der Waals surface area contributed by atoms with E-state index in [-0.39, 0.29) is 17.4 Å². The minimum atomic E-state index is -0.274. The molecule has 0 saturated heterocycles. The highest BCUT2D eigenvalue weighted by Gasteiger charge is 2.53. The molecule has 0 spiro atoms. The molecule has 1 aromatic carbocycles. The lowest BCUT2D eigenvalue weighted by Crippen LogP contribution is -2.52. The van der Waals surface area contributed by atoms with Gasteiger partial charge in [0.1, 0.15) is 11.9 Å². The summed E-state index contributed by atoms with van der Waals surface area (Å²) < 4.78 is 1.84. The quantitative estimate of drug-likeness (QED) is 0.388. The Morgan fingerprint density at radius 1 is 1.12 bits per heavy atom. The molecular formula is C33H34N6O. The summed E-state index contributed by atoms with van der Waals surface area (Å²) in [6, 6.07) is 14.0. The molecule has 3 saturated carbocycles. The summed E-state index contributed by atoms with van der Waals surface area (Å²) in [5.41, 5.74) is 7.00. The number of hydrogen-bond acceptors (Lipinski definition) is 6. The van der Waals surface area contributed by atoms with Gasteiger partial charge in [-0.1, -0.05) is 38.8 Å². The fourth-order valence-corrected chi connectivity index (χ4v) is 6.75. The summed E-state index contributed by atoms with van der Waals surface area (Å²) in [5, 5.41) is 26.5. The molecule has 2 bridgehead atoms. The van der Waals surface area contributed by atoms with Crippen molar-refractivity contribution in [2.45, 2.75) is 59.4 Å². The maximum absolute atomic E-state index is 13.0. The number of nitrogens with one attached hydrogen (secondary N) is 1. The number of nitrogens with zero attached hydrogens (tertiary/aromatic N) is 5. The Bertz CT molecular complexity index is 1640. The van der Waals surface area contributed by atoms with E-state index in [9.17, 15) is 10.1 Å². The highest BCUT2D eigenvalue weighted by atomic mass is 16.1. The second-order valence-corrected chi connectivity index (χ2v) is 12.6.